The Kier molecular flexibility index (Phi) is 3.62. The van der Waals surface area contributed by atoms with Gasteiger partial charge in [-0.05, 0) is 24.3 Å². The maximum atomic E-state index is 11.4. The molecule has 0 aromatic carbocycles. The summed E-state index contributed by atoms with van der Waals surface area (Å²) in [5.74, 6) is 0. The summed E-state index contributed by atoms with van der Waals surface area (Å²) >= 11 is 0. The van der Waals surface area contributed by atoms with Crippen LogP contribution in [-0.2, 0) is 28.2 Å². The molecule has 2 atom stereocenters. The molecule has 0 spiro atoms. The van der Waals surface area contributed by atoms with Crippen LogP contribution in [0.15, 0.2) is 49.0 Å². The fourth-order valence-electron chi connectivity index (χ4n) is 1.10. The lowest BCUT2D eigenvalue weighted by molar-refractivity contribution is -0.0345. The largest absolute Gasteiger partial charge is 0.468 e. The molecular weight excluding hydrogens is 248 g/mol. The lowest BCUT2D eigenvalue weighted by atomic mass is 10.4. The van der Waals surface area contributed by atoms with Gasteiger partial charge in [-0.3, -0.25) is 0 Å². The molecule has 0 saturated carbocycles. The van der Waals surface area contributed by atoms with E-state index < -0.39 is 23.0 Å². The quantitative estimate of drug-likeness (QED) is 0.752. The maximum Gasteiger partial charge on any atom is 0.407 e. The Morgan fingerprint density at radius 3 is 1.65 bits per heavy atom. The smallest absolute Gasteiger partial charge is 0.407 e. The molecule has 2 unspecified atom stereocenters. The zero-order chi connectivity index (χ0) is 12.1. The van der Waals surface area contributed by atoms with E-state index in [2.05, 4.69) is 8.37 Å². The normalized spacial score (nSPS) is 26.6. The van der Waals surface area contributed by atoms with Gasteiger partial charge >= 0.3 is 10.4 Å². The van der Waals surface area contributed by atoms with E-state index in [1.807, 2.05) is 0 Å². The second-order valence-corrected chi connectivity index (χ2v) is 4.24. The number of rotatable bonds is 4. The van der Waals surface area contributed by atoms with Crippen molar-refractivity contribution in [3.05, 3.63) is 49.0 Å². The molecule has 0 aromatic heterocycles. The van der Waals surface area contributed by atoms with E-state index in [0.29, 0.717) is 0 Å². The van der Waals surface area contributed by atoms with Crippen molar-refractivity contribution >= 4 is 10.4 Å². The third-order valence-electron chi connectivity index (χ3n) is 1.77. The van der Waals surface area contributed by atoms with Crippen LogP contribution in [0.2, 0.25) is 0 Å². The average molecular weight is 258 g/mol. The van der Waals surface area contributed by atoms with Crippen LogP contribution in [0, 0.1) is 0 Å². The van der Waals surface area contributed by atoms with E-state index in [1.54, 1.807) is 24.3 Å². The first-order valence-corrected chi connectivity index (χ1v) is 6.08. The van der Waals surface area contributed by atoms with Crippen molar-refractivity contribution in [1.29, 1.82) is 0 Å². The van der Waals surface area contributed by atoms with Crippen molar-refractivity contribution < 1.29 is 26.3 Å². The topological polar surface area (TPSA) is 71.1 Å². The highest BCUT2D eigenvalue weighted by atomic mass is 32.3. The van der Waals surface area contributed by atoms with Crippen LogP contribution in [-0.4, -0.2) is 21.0 Å². The van der Waals surface area contributed by atoms with Crippen molar-refractivity contribution in [3.63, 3.8) is 0 Å². The summed E-state index contributed by atoms with van der Waals surface area (Å²) in [6, 6.07) is 0. The van der Waals surface area contributed by atoms with Crippen molar-refractivity contribution in [1.82, 2.24) is 0 Å². The van der Waals surface area contributed by atoms with Gasteiger partial charge in [0.05, 0.1) is 12.5 Å². The maximum absolute atomic E-state index is 11.4. The van der Waals surface area contributed by atoms with Crippen LogP contribution in [0.1, 0.15) is 0 Å². The number of hydrogen-bond donors (Lipinski definition) is 0. The van der Waals surface area contributed by atoms with Crippen LogP contribution in [0.5, 0.6) is 0 Å². The molecule has 2 aliphatic heterocycles. The molecule has 2 rings (SSSR count). The van der Waals surface area contributed by atoms with E-state index in [9.17, 15) is 8.42 Å². The number of allylic oxidation sites excluding steroid dienone is 4. The van der Waals surface area contributed by atoms with E-state index in [1.165, 1.54) is 24.7 Å². The molecule has 0 aliphatic carbocycles. The van der Waals surface area contributed by atoms with Gasteiger partial charge in [0.1, 0.15) is 0 Å². The summed E-state index contributed by atoms with van der Waals surface area (Å²) in [5, 5.41) is 0. The average Bonchev–Trinajstić information content (AvgIpc) is 2.30. The van der Waals surface area contributed by atoms with Crippen molar-refractivity contribution in [3.8, 4) is 0 Å². The lowest BCUT2D eigenvalue weighted by Crippen LogP contribution is -2.25. The molecule has 2 heterocycles. The Bertz CT molecular complexity index is 435. The summed E-state index contributed by atoms with van der Waals surface area (Å²) in [7, 11) is -4.20. The Morgan fingerprint density at radius 1 is 0.824 bits per heavy atom. The Labute approximate surface area is 98.8 Å². The van der Waals surface area contributed by atoms with Gasteiger partial charge in [-0.1, -0.05) is 12.2 Å². The highest BCUT2D eigenvalue weighted by Crippen LogP contribution is 2.13. The van der Waals surface area contributed by atoms with Crippen LogP contribution in [0.25, 0.3) is 0 Å². The number of ether oxygens (including phenoxy) is 2. The van der Waals surface area contributed by atoms with Gasteiger partial charge in [-0.2, -0.15) is 8.42 Å². The summed E-state index contributed by atoms with van der Waals surface area (Å²) in [5.41, 5.74) is 0. The number of hydrogen-bond acceptors (Lipinski definition) is 6. The molecule has 0 fully saturated rings. The Balaban J connectivity index is 1.90. The fourth-order valence-corrected chi connectivity index (χ4v) is 1.83. The van der Waals surface area contributed by atoms with E-state index in [-0.39, 0.29) is 0 Å². The SMILES string of the molecule is O=S(=O)(OC1C=CC=CO1)OC1C=CC=CO1. The van der Waals surface area contributed by atoms with Gasteiger partial charge < -0.3 is 9.47 Å². The van der Waals surface area contributed by atoms with Crippen LogP contribution >= 0.6 is 0 Å². The molecule has 92 valence electrons. The minimum atomic E-state index is -4.20. The van der Waals surface area contributed by atoms with Crippen LogP contribution < -0.4 is 0 Å². The lowest BCUT2D eigenvalue weighted by Gasteiger charge is -2.18. The molecule has 17 heavy (non-hydrogen) atoms. The summed E-state index contributed by atoms with van der Waals surface area (Å²) in [6.45, 7) is 0. The van der Waals surface area contributed by atoms with Crippen molar-refractivity contribution in [2.75, 3.05) is 0 Å². The first kappa shape index (κ1) is 11.9. The van der Waals surface area contributed by atoms with Gasteiger partial charge in [-0.25, -0.2) is 8.37 Å². The monoisotopic (exact) mass is 258 g/mol. The highest BCUT2D eigenvalue weighted by molar-refractivity contribution is 7.81. The second kappa shape index (κ2) is 5.17. The molecule has 0 saturated heterocycles. The van der Waals surface area contributed by atoms with Gasteiger partial charge in [0, 0.05) is 0 Å². The Hall–Kier alpha value is -1.57. The standard InChI is InChI=1S/C10H10O6S/c11-17(12,15-9-5-1-3-7-13-9)16-10-6-2-4-8-14-10/h1-10H. The third kappa shape index (κ3) is 3.74. The van der Waals surface area contributed by atoms with E-state index >= 15 is 0 Å². The van der Waals surface area contributed by atoms with Crippen molar-refractivity contribution in [2.24, 2.45) is 0 Å². The molecule has 0 radical (unpaired) electrons. The highest BCUT2D eigenvalue weighted by Gasteiger charge is 2.24. The predicted molar refractivity (Wildman–Crippen MR) is 57.4 cm³/mol. The minimum absolute atomic E-state index is 1.02. The molecule has 7 heteroatoms. The molecule has 0 aromatic rings. The predicted octanol–water partition coefficient (Wildman–Crippen LogP) is 1.12. The fraction of sp³-hybridized carbons (Fsp3) is 0.200. The van der Waals surface area contributed by atoms with Crippen molar-refractivity contribution in [2.45, 2.75) is 12.6 Å². The second-order valence-electron chi connectivity index (χ2n) is 3.04. The van der Waals surface area contributed by atoms with Gasteiger partial charge in [0.25, 0.3) is 0 Å². The van der Waals surface area contributed by atoms with E-state index in [0.717, 1.165) is 0 Å². The van der Waals surface area contributed by atoms with Gasteiger partial charge in [0.2, 0.25) is 12.6 Å². The van der Waals surface area contributed by atoms with E-state index in [4.69, 9.17) is 9.47 Å². The Morgan fingerprint density at radius 2 is 1.29 bits per heavy atom. The molecule has 2 aliphatic rings. The molecule has 0 bridgehead atoms. The zero-order valence-corrected chi connectivity index (χ0v) is 9.45. The van der Waals surface area contributed by atoms with Crippen LogP contribution in [0.3, 0.4) is 0 Å². The molecule has 0 amide bonds. The summed E-state index contributed by atoms with van der Waals surface area (Å²) in [4.78, 5) is 0. The zero-order valence-electron chi connectivity index (χ0n) is 8.63. The van der Waals surface area contributed by atoms with Crippen LogP contribution in [0.4, 0.5) is 0 Å². The minimum Gasteiger partial charge on any atom is -0.468 e. The first-order valence-electron chi connectivity index (χ1n) is 4.75. The summed E-state index contributed by atoms with van der Waals surface area (Å²) in [6.07, 6.45) is 9.86. The van der Waals surface area contributed by atoms with Gasteiger partial charge in [-0.15, -0.1) is 0 Å². The molecule has 0 N–H and O–H groups in total. The molecule has 6 nitrogen and oxygen atoms in total. The molecular formula is C10H10O6S. The third-order valence-corrected chi connectivity index (χ3v) is 2.62. The van der Waals surface area contributed by atoms with Gasteiger partial charge in [0.15, 0.2) is 0 Å². The summed E-state index contributed by atoms with van der Waals surface area (Å²) < 4.78 is 41.9. The first-order chi connectivity index (χ1) is 8.16.